The van der Waals surface area contributed by atoms with E-state index in [0.29, 0.717) is 0 Å². The number of piperidine rings is 1. The molecule has 0 bridgehead atoms. The van der Waals surface area contributed by atoms with E-state index in [1.54, 1.807) is 0 Å². The van der Waals surface area contributed by atoms with E-state index < -0.39 is 0 Å². The van der Waals surface area contributed by atoms with Gasteiger partial charge >= 0.3 is 0 Å². The van der Waals surface area contributed by atoms with Crippen LogP contribution in [0.25, 0.3) is 0 Å². The minimum atomic E-state index is 0.853. The molecular weight excluding hydrogens is 112 g/mol. The Kier molecular flexibility index (Phi) is 1.44. The SMILES string of the molecule is C1C[C@@H]2NCCC2CN1. The van der Waals surface area contributed by atoms with Gasteiger partial charge in [0, 0.05) is 6.04 Å². The van der Waals surface area contributed by atoms with Crippen LogP contribution in [0, 0.1) is 5.92 Å². The van der Waals surface area contributed by atoms with Gasteiger partial charge in [-0.25, -0.2) is 0 Å². The lowest BCUT2D eigenvalue weighted by Crippen LogP contribution is -2.41. The summed E-state index contributed by atoms with van der Waals surface area (Å²) < 4.78 is 0. The molecule has 2 fully saturated rings. The Bertz CT molecular complexity index is 91.1. The number of rotatable bonds is 0. The van der Waals surface area contributed by atoms with Gasteiger partial charge in [0.2, 0.25) is 0 Å². The standard InChI is InChI=1S/C7H14N2/c1-4-9-7-2-3-8-5-6(1)7/h6-9H,1-5H2/t6?,7-/m0/s1. The van der Waals surface area contributed by atoms with E-state index in [1.807, 2.05) is 0 Å². The Labute approximate surface area is 56.0 Å². The smallest absolute Gasteiger partial charge is 0.0120 e. The van der Waals surface area contributed by atoms with Gasteiger partial charge in [-0.1, -0.05) is 0 Å². The van der Waals surface area contributed by atoms with E-state index in [1.165, 1.54) is 32.5 Å². The van der Waals surface area contributed by atoms with Crippen LogP contribution in [-0.4, -0.2) is 25.7 Å². The molecule has 2 aliphatic heterocycles. The summed E-state index contributed by atoms with van der Waals surface area (Å²) in [7, 11) is 0. The van der Waals surface area contributed by atoms with Crippen molar-refractivity contribution in [2.75, 3.05) is 19.6 Å². The van der Waals surface area contributed by atoms with Crippen molar-refractivity contribution >= 4 is 0 Å². The molecule has 0 saturated carbocycles. The second kappa shape index (κ2) is 2.27. The molecule has 52 valence electrons. The van der Waals surface area contributed by atoms with E-state index in [2.05, 4.69) is 10.6 Å². The van der Waals surface area contributed by atoms with Crippen LogP contribution in [0.2, 0.25) is 0 Å². The zero-order valence-corrected chi connectivity index (χ0v) is 5.69. The average Bonchev–Trinajstić information content (AvgIpc) is 2.33. The van der Waals surface area contributed by atoms with E-state index in [-0.39, 0.29) is 0 Å². The van der Waals surface area contributed by atoms with Crippen LogP contribution < -0.4 is 10.6 Å². The Morgan fingerprint density at radius 3 is 3.00 bits per heavy atom. The van der Waals surface area contributed by atoms with Gasteiger partial charge in [0.15, 0.2) is 0 Å². The Morgan fingerprint density at radius 2 is 2.11 bits per heavy atom. The summed E-state index contributed by atoms with van der Waals surface area (Å²) >= 11 is 0. The molecule has 9 heavy (non-hydrogen) atoms. The maximum atomic E-state index is 3.52. The van der Waals surface area contributed by atoms with Gasteiger partial charge in [0.1, 0.15) is 0 Å². The van der Waals surface area contributed by atoms with E-state index in [4.69, 9.17) is 0 Å². The van der Waals surface area contributed by atoms with Crippen molar-refractivity contribution < 1.29 is 0 Å². The molecule has 1 unspecified atom stereocenters. The van der Waals surface area contributed by atoms with Gasteiger partial charge < -0.3 is 10.6 Å². The quantitative estimate of drug-likeness (QED) is 0.476. The lowest BCUT2D eigenvalue weighted by Gasteiger charge is -2.25. The molecule has 0 radical (unpaired) electrons. The van der Waals surface area contributed by atoms with Crippen molar-refractivity contribution in [2.45, 2.75) is 18.9 Å². The predicted molar refractivity (Wildman–Crippen MR) is 37.4 cm³/mol. The number of hydrogen-bond acceptors (Lipinski definition) is 2. The molecule has 0 spiro atoms. The normalized spacial score (nSPS) is 42.7. The van der Waals surface area contributed by atoms with Crippen LogP contribution in [0.15, 0.2) is 0 Å². The molecule has 2 rings (SSSR count). The fourth-order valence-electron chi connectivity index (χ4n) is 1.95. The van der Waals surface area contributed by atoms with E-state index in [9.17, 15) is 0 Å². The largest absolute Gasteiger partial charge is 0.316 e. The highest BCUT2D eigenvalue weighted by Crippen LogP contribution is 2.19. The maximum absolute atomic E-state index is 3.52. The molecule has 2 heterocycles. The molecule has 2 N–H and O–H groups in total. The third-order valence-electron chi connectivity index (χ3n) is 2.53. The predicted octanol–water partition coefficient (Wildman–Crippen LogP) is -0.0422. The molecule has 0 amide bonds. The molecule has 0 aromatic rings. The average molecular weight is 126 g/mol. The van der Waals surface area contributed by atoms with Crippen LogP contribution in [0.5, 0.6) is 0 Å². The third-order valence-corrected chi connectivity index (χ3v) is 2.53. The zero-order chi connectivity index (χ0) is 6.10. The molecule has 0 aromatic heterocycles. The Morgan fingerprint density at radius 1 is 1.11 bits per heavy atom. The highest BCUT2D eigenvalue weighted by molar-refractivity contribution is 4.88. The van der Waals surface area contributed by atoms with Gasteiger partial charge in [-0.3, -0.25) is 0 Å². The zero-order valence-electron chi connectivity index (χ0n) is 5.69. The topological polar surface area (TPSA) is 24.1 Å². The van der Waals surface area contributed by atoms with Gasteiger partial charge in [0.25, 0.3) is 0 Å². The highest BCUT2D eigenvalue weighted by atomic mass is 15.0. The summed E-state index contributed by atoms with van der Waals surface area (Å²) in [5.74, 6) is 0.943. The molecule has 2 nitrogen and oxygen atoms in total. The molecule has 0 aliphatic carbocycles. The second-order valence-electron chi connectivity index (χ2n) is 3.10. The molecule has 2 saturated heterocycles. The molecule has 2 atom stereocenters. The van der Waals surface area contributed by atoms with Gasteiger partial charge in [0.05, 0.1) is 0 Å². The summed E-state index contributed by atoms with van der Waals surface area (Å²) in [6.45, 7) is 3.71. The first kappa shape index (κ1) is 5.69. The van der Waals surface area contributed by atoms with Crippen molar-refractivity contribution in [1.29, 1.82) is 0 Å². The lowest BCUT2D eigenvalue weighted by molar-refractivity contribution is 0.344. The van der Waals surface area contributed by atoms with Crippen LogP contribution in [0.3, 0.4) is 0 Å². The second-order valence-corrected chi connectivity index (χ2v) is 3.10. The first-order valence-corrected chi connectivity index (χ1v) is 3.91. The van der Waals surface area contributed by atoms with Crippen LogP contribution in [0.1, 0.15) is 12.8 Å². The summed E-state index contributed by atoms with van der Waals surface area (Å²) in [6.07, 6.45) is 2.72. The first-order valence-electron chi connectivity index (χ1n) is 3.91. The van der Waals surface area contributed by atoms with Crippen LogP contribution >= 0.6 is 0 Å². The van der Waals surface area contributed by atoms with Gasteiger partial charge in [-0.2, -0.15) is 0 Å². The number of hydrogen-bond donors (Lipinski definition) is 2. The Hall–Kier alpha value is -0.0800. The van der Waals surface area contributed by atoms with Gasteiger partial charge in [-0.15, -0.1) is 0 Å². The summed E-state index contributed by atoms with van der Waals surface area (Å²) in [5, 5.41) is 6.93. The first-order chi connectivity index (χ1) is 4.47. The minimum Gasteiger partial charge on any atom is -0.316 e. The van der Waals surface area contributed by atoms with Crippen LogP contribution in [0.4, 0.5) is 0 Å². The molecule has 2 aliphatic rings. The van der Waals surface area contributed by atoms with E-state index in [0.717, 1.165) is 12.0 Å². The van der Waals surface area contributed by atoms with Gasteiger partial charge in [-0.05, 0) is 38.4 Å². The number of fused-ring (bicyclic) bond motifs is 1. The minimum absolute atomic E-state index is 0.853. The summed E-state index contributed by atoms with van der Waals surface area (Å²) in [4.78, 5) is 0. The molecule has 0 aromatic carbocycles. The van der Waals surface area contributed by atoms with Crippen molar-refractivity contribution in [2.24, 2.45) is 5.92 Å². The Balaban J connectivity index is 1.97. The molecule has 2 heteroatoms. The monoisotopic (exact) mass is 126 g/mol. The highest BCUT2D eigenvalue weighted by Gasteiger charge is 2.28. The fourth-order valence-corrected chi connectivity index (χ4v) is 1.95. The van der Waals surface area contributed by atoms with Crippen molar-refractivity contribution in [3.8, 4) is 0 Å². The number of nitrogens with one attached hydrogen (secondary N) is 2. The van der Waals surface area contributed by atoms with Crippen LogP contribution in [-0.2, 0) is 0 Å². The summed E-state index contributed by atoms with van der Waals surface area (Å²) in [6, 6.07) is 0.853. The lowest BCUT2D eigenvalue weighted by atomic mass is 9.95. The molecular formula is C7H14N2. The fraction of sp³-hybridized carbons (Fsp3) is 1.00. The maximum Gasteiger partial charge on any atom is 0.0120 e. The third kappa shape index (κ3) is 0.970. The van der Waals surface area contributed by atoms with Crippen molar-refractivity contribution in [1.82, 2.24) is 10.6 Å². The van der Waals surface area contributed by atoms with Crippen molar-refractivity contribution in [3.63, 3.8) is 0 Å². The summed E-state index contributed by atoms with van der Waals surface area (Å²) in [5.41, 5.74) is 0. The van der Waals surface area contributed by atoms with E-state index >= 15 is 0 Å². The van der Waals surface area contributed by atoms with Crippen molar-refractivity contribution in [3.05, 3.63) is 0 Å².